The summed E-state index contributed by atoms with van der Waals surface area (Å²) in [5, 5.41) is 13.2. The highest BCUT2D eigenvalue weighted by Crippen LogP contribution is 2.21. The third-order valence-corrected chi connectivity index (χ3v) is 2.36. The second kappa shape index (κ2) is 5.89. The summed E-state index contributed by atoms with van der Waals surface area (Å²) in [5.74, 6) is -0.187. The quantitative estimate of drug-likeness (QED) is 0.478. The van der Waals surface area contributed by atoms with Crippen LogP contribution in [0.1, 0.15) is 10.4 Å². The molecule has 0 bridgehead atoms. The van der Waals surface area contributed by atoms with Crippen molar-refractivity contribution in [1.29, 1.82) is 5.26 Å². The minimum atomic E-state index is -0.187. The first kappa shape index (κ1) is 11.3. The normalized spacial score (nSPS) is 9.00. The summed E-state index contributed by atoms with van der Waals surface area (Å²) >= 11 is 0.983. The number of carbonyl (C=O) groups excluding carboxylic acids is 1. The summed E-state index contributed by atoms with van der Waals surface area (Å²) in [6.45, 7) is 3.93. The second-order valence-corrected chi connectivity index (χ2v) is 3.51. The summed E-state index contributed by atoms with van der Waals surface area (Å²) < 4.78 is 0. The molecule has 0 saturated heterocycles. The number of amides is 1. The van der Waals surface area contributed by atoms with E-state index in [0.717, 1.165) is 11.8 Å². The second-order valence-electron chi connectivity index (χ2n) is 2.69. The summed E-state index contributed by atoms with van der Waals surface area (Å²) in [6, 6.07) is 7.00. The molecule has 0 aliphatic carbocycles. The molecule has 1 rings (SSSR count). The molecular formula is C11H10N2OS. The number of thiocyanates is 1. The molecule has 0 fully saturated rings. The maximum absolute atomic E-state index is 11.6. The van der Waals surface area contributed by atoms with Gasteiger partial charge in [0.1, 0.15) is 5.40 Å². The van der Waals surface area contributed by atoms with Crippen molar-refractivity contribution in [3.63, 3.8) is 0 Å². The standard InChI is InChI=1S/C11H10N2OS/c1-2-7-13-11(14)9-5-3-4-6-10(9)15-8-12/h2-6H,1,7H2,(H,13,14). The molecule has 3 nitrogen and oxygen atoms in total. The summed E-state index contributed by atoms with van der Waals surface area (Å²) in [7, 11) is 0. The lowest BCUT2D eigenvalue weighted by molar-refractivity contribution is 0.0955. The van der Waals surface area contributed by atoms with E-state index in [4.69, 9.17) is 5.26 Å². The Bertz CT molecular complexity index is 409. The van der Waals surface area contributed by atoms with Crippen LogP contribution < -0.4 is 5.32 Å². The third kappa shape index (κ3) is 3.15. The number of carbonyl (C=O) groups is 1. The van der Waals surface area contributed by atoms with Gasteiger partial charge >= 0.3 is 0 Å². The topological polar surface area (TPSA) is 52.9 Å². The molecule has 0 atom stereocenters. The van der Waals surface area contributed by atoms with Crippen molar-refractivity contribution >= 4 is 17.7 Å². The molecule has 0 radical (unpaired) electrons. The van der Waals surface area contributed by atoms with E-state index in [2.05, 4.69) is 11.9 Å². The zero-order valence-corrected chi connectivity index (χ0v) is 8.88. The van der Waals surface area contributed by atoms with Gasteiger partial charge in [0.15, 0.2) is 0 Å². The number of rotatable bonds is 4. The molecule has 0 aromatic heterocycles. The van der Waals surface area contributed by atoms with Gasteiger partial charge in [0, 0.05) is 11.4 Å². The Morgan fingerprint density at radius 2 is 2.33 bits per heavy atom. The van der Waals surface area contributed by atoms with Gasteiger partial charge in [-0.1, -0.05) is 18.2 Å². The Hall–Kier alpha value is -1.73. The van der Waals surface area contributed by atoms with Gasteiger partial charge in [-0.05, 0) is 23.9 Å². The van der Waals surface area contributed by atoms with Crippen molar-refractivity contribution in [3.8, 4) is 5.40 Å². The van der Waals surface area contributed by atoms with Crippen LogP contribution in [0.15, 0.2) is 41.8 Å². The first-order chi connectivity index (χ1) is 7.29. The van der Waals surface area contributed by atoms with Crippen LogP contribution in [0.5, 0.6) is 0 Å². The predicted molar refractivity (Wildman–Crippen MR) is 60.4 cm³/mol. The third-order valence-electron chi connectivity index (χ3n) is 1.69. The van der Waals surface area contributed by atoms with E-state index < -0.39 is 0 Å². The van der Waals surface area contributed by atoms with Crippen molar-refractivity contribution in [1.82, 2.24) is 5.32 Å². The molecule has 4 heteroatoms. The van der Waals surface area contributed by atoms with Gasteiger partial charge < -0.3 is 5.32 Å². The van der Waals surface area contributed by atoms with E-state index in [1.165, 1.54) is 0 Å². The number of hydrogen-bond acceptors (Lipinski definition) is 3. The van der Waals surface area contributed by atoms with Crippen molar-refractivity contribution in [2.45, 2.75) is 4.90 Å². The Morgan fingerprint density at radius 1 is 1.60 bits per heavy atom. The van der Waals surface area contributed by atoms with Crippen molar-refractivity contribution in [2.75, 3.05) is 6.54 Å². The molecule has 0 spiro atoms. The lowest BCUT2D eigenvalue weighted by Gasteiger charge is -2.05. The van der Waals surface area contributed by atoms with Crippen molar-refractivity contribution in [2.24, 2.45) is 0 Å². The van der Waals surface area contributed by atoms with E-state index in [0.29, 0.717) is 17.0 Å². The van der Waals surface area contributed by atoms with Crippen LogP contribution in [0.2, 0.25) is 0 Å². The molecular weight excluding hydrogens is 208 g/mol. The number of nitriles is 1. The van der Waals surface area contributed by atoms with Crippen LogP contribution in [-0.2, 0) is 0 Å². The van der Waals surface area contributed by atoms with Gasteiger partial charge in [-0.3, -0.25) is 4.79 Å². The average Bonchev–Trinajstić information content (AvgIpc) is 2.27. The van der Waals surface area contributed by atoms with Crippen molar-refractivity contribution < 1.29 is 4.79 Å². The molecule has 1 aromatic rings. The fourth-order valence-electron chi connectivity index (χ4n) is 1.05. The smallest absolute Gasteiger partial charge is 0.252 e. The maximum Gasteiger partial charge on any atom is 0.252 e. The Labute approximate surface area is 92.8 Å². The predicted octanol–water partition coefficient (Wildman–Crippen LogP) is 2.18. The molecule has 15 heavy (non-hydrogen) atoms. The summed E-state index contributed by atoms with van der Waals surface area (Å²) in [4.78, 5) is 12.3. The minimum Gasteiger partial charge on any atom is -0.349 e. The lowest BCUT2D eigenvalue weighted by Crippen LogP contribution is -2.23. The zero-order valence-electron chi connectivity index (χ0n) is 8.06. The molecule has 0 heterocycles. The van der Waals surface area contributed by atoms with Gasteiger partial charge in [-0.2, -0.15) is 5.26 Å². The molecule has 0 aliphatic heterocycles. The van der Waals surface area contributed by atoms with Gasteiger partial charge in [0.25, 0.3) is 5.91 Å². The Balaban J connectivity index is 2.87. The highest BCUT2D eigenvalue weighted by atomic mass is 32.2. The zero-order chi connectivity index (χ0) is 11.1. The first-order valence-corrected chi connectivity index (χ1v) is 5.15. The number of benzene rings is 1. The van der Waals surface area contributed by atoms with E-state index in [1.807, 2.05) is 5.40 Å². The van der Waals surface area contributed by atoms with Crippen LogP contribution in [0.3, 0.4) is 0 Å². The van der Waals surface area contributed by atoms with E-state index >= 15 is 0 Å². The monoisotopic (exact) mass is 218 g/mol. The van der Waals surface area contributed by atoms with Gasteiger partial charge in [-0.25, -0.2) is 0 Å². The summed E-state index contributed by atoms with van der Waals surface area (Å²) in [5.41, 5.74) is 0.519. The number of thioether (sulfide) groups is 1. The van der Waals surface area contributed by atoms with Crippen LogP contribution in [-0.4, -0.2) is 12.5 Å². The highest BCUT2D eigenvalue weighted by Gasteiger charge is 2.09. The van der Waals surface area contributed by atoms with Crippen LogP contribution >= 0.6 is 11.8 Å². The van der Waals surface area contributed by atoms with Crippen molar-refractivity contribution in [3.05, 3.63) is 42.5 Å². The molecule has 0 saturated carbocycles. The molecule has 1 aromatic carbocycles. The lowest BCUT2D eigenvalue weighted by atomic mass is 10.2. The van der Waals surface area contributed by atoms with Crippen LogP contribution in [0.4, 0.5) is 0 Å². The van der Waals surface area contributed by atoms with Crippen LogP contribution in [0.25, 0.3) is 0 Å². The Kier molecular flexibility index (Phi) is 4.45. The number of hydrogen-bond donors (Lipinski definition) is 1. The number of nitrogens with one attached hydrogen (secondary N) is 1. The minimum absolute atomic E-state index is 0.187. The molecule has 0 aliphatic rings. The molecule has 0 unspecified atom stereocenters. The SMILES string of the molecule is C=CCNC(=O)c1ccccc1SC#N. The van der Waals surface area contributed by atoms with Crippen LogP contribution in [0, 0.1) is 10.7 Å². The summed E-state index contributed by atoms with van der Waals surface area (Å²) in [6.07, 6.45) is 1.61. The molecule has 1 N–H and O–H groups in total. The maximum atomic E-state index is 11.6. The first-order valence-electron chi connectivity index (χ1n) is 4.33. The molecule has 1 amide bonds. The van der Waals surface area contributed by atoms with E-state index in [1.54, 1.807) is 30.3 Å². The average molecular weight is 218 g/mol. The number of nitrogens with zero attached hydrogens (tertiary/aromatic N) is 1. The van der Waals surface area contributed by atoms with Gasteiger partial charge in [0.2, 0.25) is 0 Å². The van der Waals surface area contributed by atoms with E-state index in [-0.39, 0.29) is 5.91 Å². The van der Waals surface area contributed by atoms with E-state index in [9.17, 15) is 4.79 Å². The molecule has 76 valence electrons. The van der Waals surface area contributed by atoms with Gasteiger partial charge in [0.05, 0.1) is 5.56 Å². The fourth-order valence-corrected chi connectivity index (χ4v) is 1.57. The van der Waals surface area contributed by atoms with Gasteiger partial charge in [-0.15, -0.1) is 6.58 Å². The Morgan fingerprint density at radius 3 is 3.00 bits per heavy atom. The largest absolute Gasteiger partial charge is 0.349 e. The highest BCUT2D eigenvalue weighted by molar-refractivity contribution is 8.03. The fraction of sp³-hybridized carbons (Fsp3) is 0.0909.